The van der Waals surface area contributed by atoms with Crippen molar-refractivity contribution >= 4 is 11.7 Å². The van der Waals surface area contributed by atoms with Gasteiger partial charge in [-0.15, -0.1) is 0 Å². The fraction of sp³-hybridized carbons (Fsp3) is 0.688. The first kappa shape index (κ1) is 15.2. The van der Waals surface area contributed by atoms with E-state index < -0.39 is 0 Å². The van der Waals surface area contributed by atoms with Crippen molar-refractivity contribution in [3.63, 3.8) is 0 Å². The summed E-state index contributed by atoms with van der Waals surface area (Å²) in [6.07, 6.45) is 5.81. The molecule has 0 aromatic carbocycles. The van der Waals surface area contributed by atoms with Gasteiger partial charge >= 0.3 is 6.03 Å². The van der Waals surface area contributed by atoms with Gasteiger partial charge < -0.3 is 15.1 Å². The second-order valence-corrected chi connectivity index (χ2v) is 6.80. The molecule has 120 valence electrons. The molecule has 1 aromatic rings. The standard InChI is InChI=1S/C16H25N5O/c1-11(2)14-10-20(3)6-7-21(14)16(22)19-13-8-17-15(18-9-13)12-4-5-12/h8-9,11-12,14H,4-7,10H2,1-3H3,(H,19,22)/t14-/m0/s1. The van der Waals surface area contributed by atoms with Crippen LogP contribution in [-0.4, -0.2) is 58.5 Å². The van der Waals surface area contributed by atoms with Crippen molar-refractivity contribution in [2.24, 2.45) is 5.92 Å². The monoisotopic (exact) mass is 303 g/mol. The molecule has 1 atom stereocenters. The number of nitrogens with one attached hydrogen (secondary N) is 1. The molecule has 0 unspecified atom stereocenters. The van der Waals surface area contributed by atoms with Crippen LogP contribution in [0.25, 0.3) is 0 Å². The summed E-state index contributed by atoms with van der Waals surface area (Å²) in [6, 6.07) is 0.194. The highest BCUT2D eigenvalue weighted by Crippen LogP contribution is 2.37. The van der Waals surface area contributed by atoms with Crippen molar-refractivity contribution in [2.75, 3.05) is 32.0 Å². The van der Waals surface area contributed by atoms with Gasteiger partial charge in [0.05, 0.1) is 18.1 Å². The Labute approximate surface area is 131 Å². The van der Waals surface area contributed by atoms with Crippen LogP contribution in [-0.2, 0) is 0 Å². The number of likely N-dealkylation sites (N-methyl/N-ethyl adjacent to an activating group) is 1. The molecule has 6 heteroatoms. The van der Waals surface area contributed by atoms with E-state index in [0.29, 0.717) is 17.5 Å². The Morgan fingerprint density at radius 3 is 2.55 bits per heavy atom. The van der Waals surface area contributed by atoms with Gasteiger partial charge in [-0.05, 0) is 25.8 Å². The summed E-state index contributed by atoms with van der Waals surface area (Å²) in [5.41, 5.74) is 0.677. The lowest BCUT2D eigenvalue weighted by atomic mass is 10.0. The van der Waals surface area contributed by atoms with Crippen molar-refractivity contribution in [1.29, 1.82) is 0 Å². The van der Waals surface area contributed by atoms with E-state index in [1.54, 1.807) is 12.4 Å². The number of nitrogens with zero attached hydrogens (tertiary/aromatic N) is 4. The summed E-state index contributed by atoms with van der Waals surface area (Å²) in [5.74, 6) is 1.87. The minimum absolute atomic E-state index is 0.0467. The van der Waals surface area contributed by atoms with E-state index in [9.17, 15) is 4.79 Å². The van der Waals surface area contributed by atoms with Crippen LogP contribution >= 0.6 is 0 Å². The largest absolute Gasteiger partial charge is 0.322 e. The van der Waals surface area contributed by atoms with E-state index in [0.717, 1.165) is 25.5 Å². The number of hydrogen-bond donors (Lipinski definition) is 1. The number of carbonyl (C=O) groups excluding carboxylic acids is 1. The third-order valence-corrected chi connectivity index (χ3v) is 4.52. The molecule has 1 aromatic heterocycles. The summed E-state index contributed by atoms with van der Waals surface area (Å²) >= 11 is 0. The lowest BCUT2D eigenvalue weighted by Crippen LogP contribution is -2.57. The highest BCUT2D eigenvalue weighted by molar-refractivity contribution is 5.89. The first-order chi connectivity index (χ1) is 10.5. The Hall–Kier alpha value is -1.69. The second-order valence-electron chi connectivity index (χ2n) is 6.80. The molecule has 22 heavy (non-hydrogen) atoms. The Balaban J connectivity index is 1.64. The minimum Gasteiger partial charge on any atom is -0.319 e. The minimum atomic E-state index is -0.0467. The number of amides is 2. The highest BCUT2D eigenvalue weighted by Gasteiger charge is 2.31. The summed E-state index contributed by atoms with van der Waals surface area (Å²) < 4.78 is 0. The molecular weight excluding hydrogens is 278 g/mol. The zero-order valence-corrected chi connectivity index (χ0v) is 13.6. The average molecular weight is 303 g/mol. The van der Waals surface area contributed by atoms with Gasteiger partial charge in [0.25, 0.3) is 0 Å². The highest BCUT2D eigenvalue weighted by atomic mass is 16.2. The maximum absolute atomic E-state index is 12.6. The molecule has 3 rings (SSSR count). The van der Waals surface area contributed by atoms with Crippen LogP contribution < -0.4 is 5.32 Å². The molecule has 0 spiro atoms. The van der Waals surface area contributed by atoms with Crippen molar-refractivity contribution in [3.8, 4) is 0 Å². The van der Waals surface area contributed by atoms with Gasteiger partial charge in [-0.2, -0.15) is 0 Å². The lowest BCUT2D eigenvalue weighted by molar-refractivity contribution is 0.0922. The molecule has 1 saturated heterocycles. The van der Waals surface area contributed by atoms with Gasteiger partial charge in [-0.3, -0.25) is 0 Å². The normalized spacial score (nSPS) is 22.9. The van der Waals surface area contributed by atoms with Crippen molar-refractivity contribution in [3.05, 3.63) is 18.2 Å². The summed E-state index contributed by atoms with van der Waals surface area (Å²) in [6.45, 7) is 6.91. The fourth-order valence-electron chi connectivity index (χ4n) is 2.93. The van der Waals surface area contributed by atoms with Gasteiger partial charge in [0.1, 0.15) is 5.82 Å². The first-order valence-corrected chi connectivity index (χ1v) is 8.12. The maximum atomic E-state index is 12.6. The van der Waals surface area contributed by atoms with E-state index in [4.69, 9.17) is 0 Å². The Bertz CT molecular complexity index is 526. The van der Waals surface area contributed by atoms with E-state index >= 15 is 0 Å². The van der Waals surface area contributed by atoms with Gasteiger partial charge in [0, 0.05) is 31.6 Å². The van der Waals surface area contributed by atoms with Crippen molar-refractivity contribution in [1.82, 2.24) is 19.8 Å². The van der Waals surface area contributed by atoms with Crippen LogP contribution in [0.15, 0.2) is 12.4 Å². The molecule has 1 aliphatic heterocycles. The average Bonchev–Trinajstić information content (AvgIpc) is 3.32. The van der Waals surface area contributed by atoms with Crippen LogP contribution in [0.4, 0.5) is 10.5 Å². The summed E-state index contributed by atoms with van der Waals surface area (Å²) in [4.78, 5) is 25.5. The molecule has 1 N–H and O–H groups in total. The predicted molar refractivity (Wildman–Crippen MR) is 85.9 cm³/mol. The third-order valence-electron chi connectivity index (χ3n) is 4.52. The second kappa shape index (κ2) is 6.20. The first-order valence-electron chi connectivity index (χ1n) is 8.12. The molecule has 1 aliphatic carbocycles. The van der Waals surface area contributed by atoms with Gasteiger partial charge in [0.15, 0.2) is 0 Å². The van der Waals surface area contributed by atoms with E-state index in [2.05, 4.69) is 41.1 Å². The van der Waals surface area contributed by atoms with Gasteiger partial charge in [-0.1, -0.05) is 13.8 Å². The number of piperazine rings is 1. The lowest BCUT2D eigenvalue weighted by Gasteiger charge is -2.42. The van der Waals surface area contributed by atoms with Crippen LogP contribution in [0.3, 0.4) is 0 Å². The molecule has 2 amide bonds. The van der Waals surface area contributed by atoms with E-state index in [1.807, 2.05) is 4.90 Å². The Morgan fingerprint density at radius 2 is 1.95 bits per heavy atom. The third kappa shape index (κ3) is 3.38. The summed E-state index contributed by atoms with van der Waals surface area (Å²) in [7, 11) is 2.11. The molecule has 0 radical (unpaired) electrons. The molecule has 2 heterocycles. The van der Waals surface area contributed by atoms with Crippen molar-refractivity contribution in [2.45, 2.75) is 38.6 Å². The van der Waals surface area contributed by atoms with Crippen LogP contribution in [0.5, 0.6) is 0 Å². The molecule has 6 nitrogen and oxygen atoms in total. The zero-order chi connectivity index (χ0) is 15.7. The van der Waals surface area contributed by atoms with E-state index in [1.165, 1.54) is 12.8 Å². The number of aromatic nitrogens is 2. The molecule has 2 fully saturated rings. The number of urea groups is 1. The Morgan fingerprint density at radius 1 is 1.27 bits per heavy atom. The molecule has 2 aliphatic rings. The van der Waals surface area contributed by atoms with Crippen molar-refractivity contribution < 1.29 is 4.79 Å². The number of hydrogen-bond acceptors (Lipinski definition) is 4. The van der Waals surface area contributed by atoms with Crippen LogP contribution in [0, 0.1) is 5.92 Å². The topological polar surface area (TPSA) is 61.4 Å². The molecular formula is C16H25N5O. The van der Waals surface area contributed by atoms with Gasteiger partial charge in [-0.25, -0.2) is 14.8 Å². The zero-order valence-electron chi connectivity index (χ0n) is 13.6. The van der Waals surface area contributed by atoms with E-state index in [-0.39, 0.29) is 12.1 Å². The quantitative estimate of drug-likeness (QED) is 0.929. The van der Waals surface area contributed by atoms with Crippen LogP contribution in [0.1, 0.15) is 38.4 Å². The maximum Gasteiger partial charge on any atom is 0.322 e. The Kier molecular flexibility index (Phi) is 4.29. The number of rotatable bonds is 3. The predicted octanol–water partition coefficient (Wildman–Crippen LogP) is 2.16. The fourth-order valence-corrected chi connectivity index (χ4v) is 2.93. The molecule has 1 saturated carbocycles. The molecule has 0 bridgehead atoms. The SMILES string of the molecule is CC(C)[C@@H]1CN(C)CCN1C(=O)Nc1cnc(C2CC2)nc1. The number of carbonyl (C=O) groups is 1. The number of anilines is 1. The smallest absolute Gasteiger partial charge is 0.319 e. The summed E-state index contributed by atoms with van der Waals surface area (Å²) in [5, 5.41) is 2.94. The van der Waals surface area contributed by atoms with Crippen LogP contribution in [0.2, 0.25) is 0 Å². The van der Waals surface area contributed by atoms with Gasteiger partial charge in [0.2, 0.25) is 0 Å².